The highest BCUT2D eigenvalue weighted by molar-refractivity contribution is 6.21. The fourth-order valence-electron chi connectivity index (χ4n) is 2.16. The summed E-state index contributed by atoms with van der Waals surface area (Å²) in [5.74, 6) is -2.92. The van der Waals surface area contributed by atoms with Crippen molar-refractivity contribution >= 4 is 23.7 Å². The van der Waals surface area contributed by atoms with Gasteiger partial charge in [-0.05, 0) is 46.8 Å². The zero-order valence-corrected chi connectivity index (χ0v) is 15.4. The minimum atomic E-state index is -1.46. The predicted molar refractivity (Wildman–Crippen MR) is 91.0 cm³/mol. The van der Waals surface area contributed by atoms with Gasteiger partial charge in [0.1, 0.15) is 12.1 Å². The van der Waals surface area contributed by atoms with Crippen molar-refractivity contribution in [2.75, 3.05) is 6.61 Å². The maximum Gasteiger partial charge on any atom is 0.357 e. The third-order valence-electron chi connectivity index (χ3n) is 3.53. The summed E-state index contributed by atoms with van der Waals surface area (Å²) in [5.41, 5.74) is -1.66. The largest absolute Gasteiger partial charge is 0.366 e. The summed E-state index contributed by atoms with van der Waals surface area (Å²) in [6.07, 6.45) is 0. The van der Waals surface area contributed by atoms with Crippen LogP contribution < -0.4 is 5.32 Å². The topological polar surface area (TPSA) is 102 Å². The van der Waals surface area contributed by atoms with Crippen molar-refractivity contribution in [1.29, 1.82) is 0 Å². The van der Waals surface area contributed by atoms with Crippen LogP contribution in [-0.4, -0.2) is 46.5 Å². The van der Waals surface area contributed by atoms with Crippen LogP contribution in [0.25, 0.3) is 0 Å². The van der Waals surface area contributed by atoms with Gasteiger partial charge in [0.25, 0.3) is 11.8 Å². The molecule has 0 atom stereocenters. The molecule has 0 spiro atoms. The molecule has 0 unspecified atom stereocenters. The van der Waals surface area contributed by atoms with E-state index in [2.05, 4.69) is 5.32 Å². The monoisotopic (exact) mass is 362 g/mol. The number of amides is 3. The number of ether oxygens (including phenoxy) is 1. The molecule has 1 N–H and O–H groups in total. The van der Waals surface area contributed by atoms with Gasteiger partial charge in [0.05, 0.1) is 16.7 Å². The summed E-state index contributed by atoms with van der Waals surface area (Å²) in [6.45, 7) is 7.95. The van der Waals surface area contributed by atoms with Crippen LogP contribution in [0.5, 0.6) is 0 Å². The molecule has 0 bridgehead atoms. The maximum atomic E-state index is 12.4. The van der Waals surface area contributed by atoms with E-state index >= 15 is 0 Å². The maximum absolute atomic E-state index is 12.4. The smallest absolute Gasteiger partial charge is 0.357 e. The molecule has 0 radical (unpaired) electrons. The summed E-state index contributed by atoms with van der Waals surface area (Å²) in [4.78, 5) is 53.8. The minimum Gasteiger partial charge on any atom is -0.366 e. The average Bonchev–Trinajstić information content (AvgIpc) is 2.77. The van der Waals surface area contributed by atoms with Gasteiger partial charge in [-0.15, -0.1) is 0 Å². The van der Waals surface area contributed by atoms with Crippen molar-refractivity contribution < 1.29 is 28.8 Å². The van der Waals surface area contributed by atoms with E-state index < -0.39 is 34.8 Å². The Morgan fingerprint density at radius 1 is 1.00 bits per heavy atom. The first-order valence-corrected chi connectivity index (χ1v) is 8.07. The second-order valence-electron chi connectivity index (χ2n) is 7.40. The first kappa shape index (κ1) is 19.6. The van der Waals surface area contributed by atoms with Crippen molar-refractivity contribution in [1.82, 2.24) is 10.4 Å². The number of imide groups is 1. The lowest BCUT2D eigenvalue weighted by molar-refractivity contribution is -0.176. The Labute approximate surface area is 151 Å². The molecule has 1 aromatic carbocycles. The van der Waals surface area contributed by atoms with Crippen LogP contribution in [0.2, 0.25) is 0 Å². The highest BCUT2D eigenvalue weighted by Crippen LogP contribution is 2.23. The summed E-state index contributed by atoms with van der Waals surface area (Å²) < 4.78 is 5.34. The average molecular weight is 362 g/mol. The van der Waals surface area contributed by atoms with Gasteiger partial charge in [-0.3, -0.25) is 14.4 Å². The molecule has 0 fully saturated rings. The second kappa shape index (κ2) is 6.87. The summed E-state index contributed by atoms with van der Waals surface area (Å²) >= 11 is 0. The Morgan fingerprint density at radius 3 is 1.96 bits per heavy atom. The van der Waals surface area contributed by atoms with Gasteiger partial charge in [-0.2, -0.15) is 0 Å². The molecular weight excluding hydrogens is 340 g/mol. The Kier molecular flexibility index (Phi) is 5.18. The highest BCUT2D eigenvalue weighted by Gasteiger charge is 2.42. The molecule has 0 saturated carbocycles. The Bertz CT molecular complexity index is 728. The first-order chi connectivity index (χ1) is 11.9. The van der Waals surface area contributed by atoms with E-state index in [1.165, 1.54) is 26.0 Å². The zero-order chi connectivity index (χ0) is 19.7. The van der Waals surface area contributed by atoms with E-state index in [1.807, 2.05) is 0 Å². The van der Waals surface area contributed by atoms with Crippen molar-refractivity contribution in [3.63, 3.8) is 0 Å². The number of hydrogen-bond acceptors (Lipinski definition) is 6. The standard InChI is InChI=1S/C18H22N2O6/c1-17(2,3)25-10-13(21)19-18(4,5)16(24)26-20-14(22)11-8-6-7-9-12(11)15(20)23/h6-9H,10H2,1-5H3,(H,19,21). The van der Waals surface area contributed by atoms with Gasteiger partial charge in [0.2, 0.25) is 5.91 Å². The van der Waals surface area contributed by atoms with Gasteiger partial charge in [-0.25, -0.2) is 4.79 Å². The van der Waals surface area contributed by atoms with Crippen molar-refractivity contribution in [2.24, 2.45) is 0 Å². The Morgan fingerprint density at radius 2 is 1.50 bits per heavy atom. The third-order valence-corrected chi connectivity index (χ3v) is 3.53. The Hall–Kier alpha value is -2.74. The quantitative estimate of drug-likeness (QED) is 0.796. The second-order valence-corrected chi connectivity index (χ2v) is 7.40. The van der Waals surface area contributed by atoms with E-state index in [1.54, 1.807) is 32.9 Å². The molecule has 26 heavy (non-hydrogen) atoms. The number of carbonyl (C=O) groups is 4. The summed E-state index contributed by atoms with van der Waals surface area (Å²) in [5, 5.41) is 2.87. The van der Waals surface area contributed by atoms with Crippen LogP contribution in [0, 0.1) is 0 Å². The van der Waals surface area contributed by atoms with Gasteiger partial charge in [-0.1, -0.05) is 17.2 Å². The number of fused-ring (bicyclic) bond motifs is 1. The van der Waals surface area contributed by atoms with Gasteiger partial charge < -0.3 is 14.9 Å². The molecule has 1 aromatic rings. The van der Waals surface area contributed by atoms with E-state index in [0.29, 0.717) is 5.06 Å². The van der Waals surface area contributed by atoms with E-state index in [4.69, 9.17) is 9.57 Å². The van der Waals surface area contributed by atoms with Crippen molar-refractivity contribution in [3.8, 4) is 0 Å². The Balaban J connectivity index is 2.02. The number of benzene rings is 1. The number of hydrogen-bond donors (Lipinski definition) is 1. The summed E-state index contributed by atoms with van der Waals surface area (Å²) in [7, 11) is 0. The molecule has 8 nitrogen and oxygen atoms in total. The number of nitrogens with zero attached hydrogens (tertiary/aromatic N) is 1. The molecule has 140 valence electrons. The van der Waals surface area contributed by atoms with Crippen LogP contribution in [-0.2, 0) is 19.2 Å². The van der Waals surface area contributed by atoms with Crippen LogP contribution >= 0.6 is 0 Å². The summed E-state index contributed by atoms with van der Waals surface area (Å²) in [6, 6.07) is 6.16. The fraction of sp³-hybridized carbons (Fsp3) is 0.444. The molecular formula is C18H22N2O6. The lowest BCUT2D eigenvalue weighted by Gasteiger charge is -2.26. The molecule has 1 heterocycles. The minimum absolute atomic E-state index is 0.158. The number of carbonyl (C=O) groups excluding carboxylic acids is 4. The van der Waals surface area contributed by atoms with Crippen LogP contribution in [0.3, 0.4) is 0 Å². The van der Waals surface area contributed by atoms with Gasteiger partial charge >= 0.3 is 5.97 Å². The molecule has 0 saturated heterocycles. The van der Waals surface area contributed by atoms with Crippen molar-refractivity contribution in [2.45, 2.75) is 45.8 Å². The van der Waals surface area contributed by atoms with Crippen molar-refractivity contribution in [3.05, 3.63) is 35.4 Å². The first-order valence-electron chi connectivity index (χ1n) is 8.07. The molecule has 0 aromatic heterocycles. The molecule has 2 rings (SSSR count). The lowest BCUT2D eigenvalue weighted by Crippen LogP contribution is -2.54. The number of nitrogens with one attached hydrogen (secondary N) is 1. The van der Waals surface area contributed by atoms with E-state index in [9.17, 15) is 19.2 Å². The molecule has 0 aliphatic carbocycles. The van der Waals surface area contributed by atoms with Crippen LogP contribution in [0.15, 0.2) is 24.3 Å². The normalized spacial score (nSPS) is 14.3. The third kappa shape index (κ3) is 4.26. The van der Waals surface area contributed by atoms with Crippen LogP contribution in [0.1, 0.15) is 55.3 Å². The molecule has 1 aliphatic rings. The lowest BCUT2D eigenvalue weighted by atomic mass is 10.1. The van der Waals surface area contributed by atoms with Gasteiger partial charge in [0.15, 0.2) is 0 Å². The van der Waals surface area contributed by atoms with E-state index in [-0.39, 0.29) is 17.7 Å². The van der Waals surface area contributed by atoms with Gasteiger partial charge in [0, 0.05) is 0 Å². The van der Waals surface area contributed by atoms with E-state index in [0.717, 1.165) is 0 Å². The van der Waals surface area contributed by atoms with Crippen LogP contribution in [0.4, 0.5) is 0 Å². The molecule has 8 heteroatoms. The highest BCUT2D eigenvalue weighted by atomic mass is 16.7. The predicted octanol–water partition coefficient (Wildman–Crippen LogP) is 1.45. The number of hydroxylamine groups is 2. The molecule has 1 aliphatic heterocycles. The number of rotatable bonds is 5. The molecule has 3 amide bonds. The fourth-order valence-corrected chi connectivity index (χ4v) is 2.16. The SMILES string of the molecule is CC(C)(C)OCC(=O)NC(C)(C)C(=O)ON1C(=O)c2ccccc2C1=O. The zero-order valence-electron chi connectivity index (χ0n) is 15.4.